The van der Waals surface area contributed by atoms with Crippen molar-refractivity contribution in [2.45, 2.75) is 6.92 Å². The molecule has 0 heterocycles. The summed E-state index contributed by atoms with van der Waals surface area (Å²) in [5.74, 6) is -0.0923. The Bertz CT molecular complexity index is 440. The summed E-state index contributed by atoms with van der Waals surface area (Å²) in [5.41, 5.74) is 0.675. The van der Waals surface area contributed by atoms with Crippen molar-refractivity contribution >= 4 is 28.0 Å². The highest BCUT2D eigenvalue weighted by atomic mass is 79.9. The lowest BCUT2D eigenvalue weighted by Gasteiger charge is -2.11. The minimum absolute atomic E-state index is 0.525. The molecule has 1 aromatic carbocycles. The van der Waals surface area contributed by atoms with Gasteiger partial charge in [0, 0.05) is 4.47 Å². The third-order valence-corrected chi connectivity index (χ3v) is 2.67. The minimum Gasteiger partial charge on any atom is -0.545 e. The zero-order valence-corrected chi connectivity index (χ0v) is 11.1. The first-order valence-electron chi connectivity index (χ1n) is 4.97. The van der Waals surface area contributed by atoms with Crippen LogP contribution in [0.1, 0.15) is 12.5 Å². The van der Waals surface area contributed by atoms with Crippen molar-refractivity contribution < 1.29 is 19.4 Å². The van der Waals surface area contributed by atoms with Crippen LogP contribution < -0.4 is 14.6 Å². The Morgan fingerprint density at radius 1 is 1.47 bits per heavy atom. The molecule has 0 radical (unpaired) electrons. The molecule has 0 saturated carbocycles. The minimum atomic E-state index is -1.25. The molecule has 0 amide bonds. The van der Waals surface area contributed by atoms with Crippen molar-refractivity contribution in [3.8, 4) is 11.5 Å². The number of carbonyl (C=O) groups excluding carboxylic acids is 1. The van der Waals surface area contributed by atoms with E-state index >= 15 is 0 Å². The second-order valence-corrected chi connectivity index (χ2v) is 3.96. The predicted octanol–water partition coefficient (Wildman–Crippen LogP) is 1.62. The molecule has 0 aliphatic rings. The van der Waals surface area contributed by atoms with Gasteiger partial charge in [-0.3, -0.25) is 0 Å². The van der Waals surface area contributed by atoms with Crippen LogP contribution in [0.5, 0.6) is 11.5 Å². The zero-order chi connectivity index (χ0) is 12.8. The number of methoxy groups -OCH3 is 1. The van der Waals surface area contributed by atoms with Crippen LogP contribution in [-0.2, 0) is 4.79 Å². The molecule has 0 aliphatic carbocycles. The fourth-order valence-electron chi connectivity index (χ4n) is 1.26. The highest BCUT2D eigenvalue weighted by Crippen LogP contribution is 2.34. The molecule has 0 unspecified atom stereocenters. The largest absolute Gasteiger partial charge is 0.545 e. The van der Waals surface area contributed by atoms with Crippen LogP contribution in [0.2, 0.25) is 0 Å². The maximum atomic E-state index is 10.3. The smallest absolute Gasteiger partial charge is 0.162 e. The van der Waals surface area contributed by atoms with Gasteiger partial charge in [0.15, 0.2) is 11.5 Å². The fraction of sp³-hybridized carbons (Fsp3) is 0.250. The van der Waals surface area contributed by atoms with Gasteiger partial charge in [-0.1, -0.05) is 22.0 Å². The van der Waals surface area contributed by atoms with Crippen LogP contribution >= 0.6 is 15.9 Å². The van der Waals surface area contributed by atoms with E-state index in [-0.39, 0.29) is 0 Å². The summed E-state index contributed by atoms with van der Waals surface area (Å²) in [6.45, 7) is 2.40. The van der Waals surface area contributed by atoms with Crippen molar-refractivity contribution in [2.75, 3.05) is 13.7 Å². The number of halogens is 1. The van der Waals surface area contributed by atoms with Gasteiger partial charge in [0.25, 0.3) is 0 Å². The summed E-state index contributed by atoms with van der Waals surface area (Å²) in [7, 11) is 1.53. The molecule has 17 heavy (non-hydrogen) atoms. The molecule has 0 aliphatic heterocycles. The number of carbonyl (C=O) groups is 1. The number of rotatable bonds is 5. The van der Waals surface area contributed by atoms with Gasteiger partial charge >= 0.3 is 0 Å². The van der Waals surface area contributed by atoms with Crippen molar-refractivity contribution in [1.82, 2.24) is 0 Å². The SMILES string of the molecule is CCOc1cc(Br)c(/C=C/C(=O)[O-])cc1OC. The van der Waals surface area contributed by atoms with Gasteiger partial charge in [-0.05, 0) is 30.7 Å². The van der Waals surface area contributed by atoms with E-state index in [1.165, 1.54) is 13.2 Å². The predicted molar refractivity (Wildman–Crippen MR) is 65.9 cm³/mol. The third kappa shape index (κ3) is 3.78. The van der Waals surface area contributed by atoms with E-state index in [1.54, 1.807) is 12.1 Å². The molecular weight excluding hydrogens is 288 g/mol. The first kappa shape index (κ1) is 13.6. The highest BCUT2D eigenvalue weighted by molar-refractivity contribution is 9.10. The summed E-state index contributed by atoms with van der Waals surface area (Å²) >= 11 is 3.33. The van der Waals surface area contributed by atoms with Crippen molar-refractivity contribution in [3.05, 3.63) is 28.2 Å². The fourth-order valence-corrected chi connectivity index (χ4v) is 1.72. The number of benzene rings is 1. The van der Waals surface area contributed by atoms with E-state index in [4.69, 9.17) is 9.47 Å². The van der Waals surface area contributed by atoms with Crippen LogP contribution in [-0.4, -0.2) is 19.7 Å². The number of carboxylic acid groups (broad SMARTS) is 1. The molecule has 0 fully saturated rings. The lowest BCUT2D eigenvalue weighted by molar-refractivity contribution is -0.297. The van der Waals surface area contributed by atoms with Gasteiger partial charge in [0.05, 0.1) is 19.7 Å². The Hall–Kier alpha value is -1.49. The van der Waals surface area contributed by atoms with Crippen LogP contribution in [0.3, 0.4) is 0 Å². The number of carboxylic acids is 1. The van der Waals surface area contributed by atoms with Crippen molar-refractivity contribution in [3.63, 3.8) is 0 Å². The van der Waals surface area contributed by atoms with Gasteiger partial charge in [-0.25, -0.2) is 0 Å². The molecule has 1 aromatic rings. The van der Waals surface area contributed by atoms with Crippen LogP contribution in [0, 0.1) is 0 Å². The summed E-state index contributed by atoms with van der Waals surface area (Å²) in [4.78, 5) is 10.3. The number of aliphatic carboxylic acids is 1. The summed E-state index contributed by atoms with van der Waals surface area (Å²) in [6, 6.07) is 3.42. The third-order valence-electron chi connectivity index (χ3n) is 1.98. The van der Waals surface area contributed by atoms with Crippen LogP contribution in [0.25, 0.3) is 6.08 Å². The molecule has 1 rings (SSSR count). The molecule has 0 N–H and O–H groups in total. The molecule has 92 valence electrons. The van der Waals surface area contributed by atoms with E-state index in [9.17, 15) is 9.90 Å². The normalized spacial score (nSPS) is 10.5. The maximum Gasteiger partial charge on any atom is 0.162 e. The number of ether oxygens (including phenoxy) is 2. The van der Waals surface area contributed by atoms with Gasteiger partial charge in [0.2, 0.25) is 0 Å². The van der Waals surface area contributed by atoms with Gasteiger partial charge in [-0.2, -0.15) is 0 Å². The van der Waals surface area contributed by atoms with E-state index in [1.807, 2.05) is 6.92 Å². The van der Waals surface area contributed by atoms with Crippen molar-refractivity contribution in [2.24, 2.45) is 0 Å². The Kier molecular flexibility index (Phi) is 5.03. The Labute approximate surface area is 108 Å². The molecule has 0 spiro atoms. The Balaban J connectivity index is 3.12. The van der Waals surface area contributed by atoms with Gasteiger partial charge in [0.1, 0.15) is 0 Å². The molecule has 0 saturated heterocycles. The molecule has 0 atom stereocenters. The number of hydrogen-bond donors (Lipinski definition) is 0. The maximum absolute atomic E-state index is 10.3. The standard InChI is InChI=1S/C12H13BrO4/c1-3-17-11-7-9(13)8(4-5-12(14)15)6-10(11)16-2/h4-7H,3H2,1-2H3,(H,14,15)/p-1/b5-4+. The average Bonchev–Trinajstić information content (AvgIpc) is 2.28. The quantitative estimate of drug-likeness (QED) is 0.775. The Morgan fingerprint density at radius 3 is 2.71 bits per heavy atom. The van der Waals surface area contributed by atoms with Crippen LogP contribution in [0.15, 0.2) is 22.7 Å². The molecule has 4 nitrogen and oxygen atoms in total. The Morgan fingerprint density at radius 2 is 2.18 bits per heavy atom. The second kappa shape index (κ2) is 6.30. The summed E-state index contributed by atoms with van der Waals surface area (Å²) in [6.07, 6.45) is 2.39. The van der Waals surface area contributed by atoms with Crippen molar-refractivity contribution in [1.29, 1.82) is 0 Å². The average molecular weight is 300 g/mol. The van der Waals surface area contributed by atoms with Crippen LogP contribution in [0.4, 0.5) is 0 Å². The van der Waals surface area contributed by atoms with Gasteiger partial charge in [-0.15, -0.1) is 0 Å². The molecular formula is C12H12BrO4-. The number of hydrogen-bond acceptors (Lipinski definition) is 4. The molecule has 0 aromatic heterocycles. The monoisotopic (exact) mass is 299 g/mol. The molecule has 5 heteroatoms. The van der Waals surface area contributed by atoms with E-state index in [0.29, 0.717) is 23.7 Å². The lowest BCUT2D eigenvalue weighted by atomic mass is 10.2. The zero-order valence-electron chi connectivity index (χ0n) is 9.53. The topological polar surface area (TPSA) is 58.6 Å². The summed E-state index contributed by atoms with van der Waals surface area (Å²) < 4.78 is 11.3. The van der Waals surface area contributed by atoms with E-state index < -0.39 is 5.97 Å². The first-order chi connectivity index (χ1) is 8.08. The van der Waals surface area contributed by atoms with E-state index in [0.717, 1.165) is 10.5 Å². The molecule has 0 bridgehead atoms. The first-order valence-corrected chi connectivity index (χ1v) is 5.77. The van der Waals surface area contributed by atoms with Gasteiger partial charge < -0.3 is 19.4 Å². The van der Waals surface area contributed by atoms with E-state index in [2.05, 4.69) is 15.9 Å². The lowest BCUT2D eigenvalue weighted by Crippen LogP contribution is -2.18. The second-order valence-electron chi connectivity index (χ2n) is 3.11. The summed E-state index contributed by atoms with van der Waals surface area (Å²) in [5, 5.41) is 10.3. The highest BCUT2D eigenvalue weighted by Gasteiger charge is 2.08.